The van der Waals surface area contributed by atoms with Crippen LogP contribution in [-0.4, -0.2) is 42.9 Å². The molecule has 72 valence electrons. The molecule has 12 heavy (non-hydrogen) atoms. The summed E-state index contributed by atoms with van der Waals surface area (Å²) in [5.74, 6) is 0.787. The van der Waals surface area contributed by atoms with Gasteiger partial charge in [-0.25, -0.2) is 0 Å². The standard InChI is InChI=1S/C8H17NO2S/c1-3-11-6-4-9(5-7-12)8(2)10/h12H,3-7H2,1-2H3. The van der Waals surface area contributed by atoms with E-state index in [0.29, 0.717) is 32.1 Å². The van der Waals surface area contributed by atoms with Crippen molar-refractivity contribution in [1.29, 1.82) is 0 Å². The van der Waals surface area contributed by atoms with E-state index in [1.807, 2.05) is 6.92 Å². The third-order valence-corrected chi connectivity index (χ3v) is 1.72. The van der Waals surface area contributed by atoms with Gasteiger partial charge >= 0.3 is 0 Å². The molecule has 4 heteroatoms. The van der Waals surface area contributed by atoms with E-state index < -0.39 is 0 Å². The van der Waals surface area contributed by atoms with Crippen LogP contribution in [0.15, 0.2) is 0 Å². The van der Waals surface area contributed by atoms with Crippen LogP contribution in [0.25, 0.3) is 0 Å². The predicted molar refractivity (Wildman–Crippen MR) is 52.6 cm³/mol. The lowest BCUT2D eigenvalue weighted by Crippen LogP contribution is -2.33. The molecule has 0 aliphatic rings. The van der Waals surface area contributed by atoms with Crippen molar-refractivity contribution in [1.82, 2.24) is 4.90 Å². The van der Waals surface area contributed by atoms with Gasteiger partial charge in [-0.15, -0.1) is 0 Å². The van der Waals surface area contributed by atoms with Gasteiger partial charge in [0.25, 0.3) is 0 Å². The number of ether oxygens (including phenoxy) is 1. The first kappa shape index (κ1) is 11.8. The third kappa shape index (κ3) is 5.43. The van der Waals surface area contributed by atoms with Gasteiger partial charge in [-0.1, -0.05) is 0 Å². The predicted octanol–water partition coefficient (Wildman–Crippen LogP) is 0.801. The minimum absolute atomic E-state index is 0.0868. The van der Waals surface area contributed by atoms with Crippen LogP contribution in [0, 0.1) is 0 Å². The third-order valence-electron chi connectivity index (χ3n) is 1.52. The van der Waals surface area contributed by atoms with E-state index in [2.05, 4.69) is 12.6 Å². The van der Waals surface area contributed by atoms with Gasteiger partial charge < -0.3 is 9.64 Å². The first-order valence-electron chi connectivity index (χ1n) is 4.16. The van der Waals surface area contributed by atoms with Crippen molar-refractivity contribution in [2.45, 2.75) is 13.8 Å². The fourth-order valence-electron chi connectivity index (χ4n) is 0.866. The smallest absolute Gasteiger partial charge is 0.219 e. The van der Waals surface area contributed by atoms with Gasteiger partial charge in [-0.3, -0.25) is 4.79 Å². The molecule has 0 aliphatic carbocycles. The van der Waals surface area contributed by atoms with E-state index >= 15 is 0 Å². The Morgan fingerprint density at radius 1 is 1.50 bits per heavy atom. The first-order valence-corrected chi connectivity index (χ1v) is 4.79. The molecule has 0 aliphatic heterocycles. The lowest BCUT2D eigenvalue weighted by molar-refractivity contribution is -0.129. The van der Waals surface area contributed by atoms with Gasteiger partial charge in [-0.2, -0.15) is 12.6 Å². The number of hydrogen-bond donors (Lipinski definition) is 1. The quantitative estimate of drug-likeness (QED) is 0.497. The Morgan fingerprint density at radius 3 is 2.58 bits per heavy atom. The molecule has 0 saturated heterocycles. The maximum Gasteiger partial charge on any atom is 0.219 e. The van der Waals surface area contributed by atoms with Crippen molar-refractivity contribution in [3.8, 4) is 0 Å². The van der Waals surface area contributed by atoms with Crippen LogP contribution in [0.5, 0.6) is 0 Å². The lowest BCUT2D eigenvalue weighted by Gasteiger charge is -2.19. The molecule has 0 aromatic rings. The van der Waals surface area contributed by atoms with E-state index in [1.54, 1.807) is 11.8 Å². The number of amides is 1. The van der Waals surface area contributed by atoms with Gasteiger partial charge in [-0.05, 0) is 6.92 Å². The second-order valence-corrected chi connectivity index (χ2v) is 2.87. The van der Waals surface area contributed by atoms with Gasteiger partial charge in [0.2, 0.25) is 5.91 Å². The van der Waals surface area contributed by atoms with E-state index in [4.69, 9.17) is 4.74 Å². The molecule has 0 aromatic heterocycles. The summed E-state index contributed by atoms with van der Waals surface area (Å²) in [6.45, 7) is 6.19. The molecule has 0 spiro atoms. The number of rotatable bonds is 6. The minimum atomic E-state index is 0.0868. The summed E-state index contributed by atoms with van der Waals surface area (Å²) in [5, 5.41) is 0. The summed E-state index contributed by atoms with van der Waals surface area (Å²) in [7, 11) is 0. The Balaban J connectivity index is 3.56. The van der Waals surface area contributed by atoms with Crippen molar-refractivity contribution < 1.29 is 9.53 Å². The highest BCUT2D eigenvalue weighted by molar-refractivity contribution is 7.80. The van der Waals surface area contributed by atoms with Gasteiger partial charge in [0.1, 0.15) is 0 Å². The van der Waals surface area contributed by atoms with Crippen LogP contribution in [0.1, 0.15) is 13.8 Å². The molecule has 1 amide bonds. The average molecular weight is 191 g/mol. The van der Waals surface area contributed by atoms with Gasteiger partial charge in [0, 0.05) is 32.4 Å². The molecular weight excluding hydrogens is 174 g/mol. The average Bonchev–Trinajstić information content (AvgIpc) is 2.03. The van der Waals surface area contributed by atoms with Crippen LogP contribution < -0.4 is 0 Å². The van der Waals surface area contributed by atoms with Crippen LogP contribution in [0.4, 0.5) is 0 Å². The van der Waals surface area contributed by atoms with E-state index in [1.165, 1.54) is 0 Å². The van der Waals surface area contributed by atoms with Crippen molar-refractivity contribution >= 4 is 18.5 Å². The number of thiol groups is 1. The Hall–Kier alpha value is -0.220. The SMILES string of the molecule is CCOCCN(CCS)C(C)=O. The lowest BCUT2D eigenvalue weighted by atomic mass is 10.5. The normalized spacial score (nSPS) is 9.92. The molecule has 0 aromatic carbocycles. The fraction of sp³-hybridized carbons (Fsp3) is 0.875. The first-order chi connectivity index (χ1) is 5.72. The van der Waals surface area contributed by atoms with E-state index in [0.717, 1.165) is 0 Å². The van der Waals surface area contributed by atoms with Crippen LogP contribution in [0.3, 0.4) is 0 Å². The van der Waals surface area contributed by atoms with Crippen molar-refractivity contribution in [3.05, 3.63) is 0 Å². The molecule has 3 nitrogen and oxygen atoms in total. The molecule has 0 bridgehead atoms. The van der Waals surface area contributed by atoms with E-state index in [-0.39, 0.29) is 5.91 Å². The topological polar surface area (TPSA) is 29.5 Å². The molecule has 0 heterocycles. The Kier molecular flexibility index (Phi) is 7.29. The summed E-state index contributed by atoms with van der Waals surface area (Å²) in [5.41, 5.74) is 0. The zero-order valence-electron chi connectivity index (χ0n) is 7.75. The van der Waals surface area contributed by atoms with Crippen LogP contribution in [-0.2, 0) is 9.53 Å². The maximum atomic E-state index is 11.0. The number of carbonyl (C=O) groups excluding carboxylic acids is 1. The summed E-state index contributed by atoms with van der Waals surface area (Å²) in [6.07, 6.45) is 0. The largest absolute Gasteiger partial charge is 0.380 e. The highest BCUT2D eigenvalue weighted by Gasteiger charge is 2.05. The molecule has 0 atom stereocenters. The van der Waals surface area contributed by atoms with Crippen molar-refractivity contribution in [2.24, 2.45) is 0 Å². The highest BCUT2D eigenvalue weighted by Crippen LogP contribution is 1.91. The molecule has 0 radical (unpaired) electrons. The minimum Gasteiger partial charge on any atom is -0.380 e. The van der Waals surface area contributed by atoms with Crippen LogP contribution >= 0.6 is 12.6 Å². The fourth-order valence-corrected chi connectivity index (χ4v) is 1.11. The molecule has 0 unspecified atom stereocenters. The summed E-state index contributed by atoms with van der Waals surface area (Å²) >= 11 is 4.06. The highest BCUT2D eigenvalue weighted by atomic mass is 32.1. The molecule has 0 N–H and O–H groups in total. The molecule has 0 rings (SSSR count). The number of hydrogen-bond acceptors (Lipinski definition) is 3. The molecule has 0 fully saturated rings. The van der Waals surface area contributed by atoms with Crippen molar-refractivity contribution in [2.75, 3.05) is 32.1 Å². The van der Waals surface area contributed by atoms with Gasteiger partial charge in [0.15, 0.2) is 0 Å². The molecular formula is C8H17NO2S. The zero-order chi connectivity index (χ0) is 9.40. The monoisotopic (exact) mass is 191 g/mol. The number of nitrogens with zero attached hydrogens (tertiary/aromatic N) is 1. The number of carbonyl (C=O) groups is 1. The van der Waals surface area contributed by atoms with Crippen LogP contribution in [0.2, 0.25) is 0 Å². The summed E-state index contributed by atoms with van der Waals surface area (Å²) < 4.78 is 5.14. The zero-order valence-corrected chi connectivity index (χ0v) is 8.64. The van der Waals surface area contributed by atoms with Gasteiger partial charge in [0.05, 0.1) is 6.61 Å². The Morgan fingerprint density at radius 2 is 2.17 bits per heavy atom. The Labute approximate surface area is 79.5 Å². The second-order valence-electron chi connectivity index (χ2n) is 2.43. The maximum absolute atomic E-state index is 11.0. The Bertz CT molecular complexity index is 130. The molecule has 0 saturated carbocycles. The van der Waals surface area contributed by atoms with Crippen molar-refractivity contribution in [3.63, 3.8) is 0 Å². The second kappa shape index (κ2) is 7.43. The summed E-state index contributed by atoms with van der Waals surface area (Å²) in [6, 6.07) is 0. The van der Waals surface area contributed by atoms with E-state index in [9.17, 15) is 4.79 Å². The summed E-state index contributed by atoms with van der Waals surface area (Å²) in [4.78, 5) is 12.7.